The van der Waals surface area contributed by atoms with E-state index in [1.54, 1.807) is 0 Å². The lowest BCUT2D eigenvalue weighted by molar-refractivity contribution is -0.133. The van der Waals surface area contributed by atoms with Crippen LogP contribution in [0, 0.1) is 11.8 Å². The maximum Gasteiger partial charge on any atom is 0.222 e. The average molecular weight is 226 g/mol. The zero-order valence-electron chi connectivity index (χ0n) is 11.1. The van der Waals surface area contributed by atoms with Gasteiger partial charge in [0.05, 0.1) is 0 Å². The molecule has 0 aliphatic carbocycles. The Labute approximate surface area is 99.6 Å². The summed E-state index contributed by atoms with van der Waals surface area (Å²) in [5.41, 5.74) is 0. The Morgan fingerprint density at radius 1 is 1.31 bits per heavy atom. The van der Waals surface area contributed by atoms with Crippen molar-refractivity contribution in [2.75, 3.05) is 19.6 Å². The summed E-state index contributed by atoms with van der Waals surface area (Å²) in [6.07, 6.45) is 1.85. The molecule has 3 heteroatoms. The molecule has 1 aliphatic heterocycles. The SMILES string of the molecule is CC(C)CC(=O)N1CCNC(CC(C)C)C1. The number of nitrogens with zero attached hydrogens (tertiary/aromatic N) is 1. The van der Waals surface area contributed by atoms with Crippen molar-refractivity contribution >= 4 is 5.91 Å². The summed E-state index contributed by atoms with van der Waals surface area (Å²) >= 11 is 0. The van der Waals surface area contributed by atoms with Gasteiger partial charge in [0.1, 0.15) is 0 Å². The molecule has 1 amide bonds. The maximum absolute atomic E-state index is 11.9. The minimum absolute atomic E-state index is 0.324. The second-order valence-electron chi connectivity index (χ2n) is 5.72. The third-order valence-electron chi connectivity index (χ3n) is 2.95. The molecular weight excluding hydrogens is 200 g/mol. The number of hydrogen-bond donors (Lipinski definition) is 1. The highest BCUT2D eigenvalue weighted by molar-refractivity contribution is 5.76. The van der Waals surface area contributed by atoms with Gasteiger partial charge in [-0.15, -0.1) is 0 Å². The number of piperazine rings is 1. The average Bonchev–Trinajstić information content (AvgIpc) is 2.16. The molecule has 1 fully saturated rings. The fourth-order valence-corrected chi connectivity index (χ4v) is 2.26. The molecule has 0 spiro atoms. The molecular formula is C13H26N2O. The molecule has 0 radical (unpaired) electrons. The van der Waals surface area contributed by atoms with Crippen molar-refractivity contribution < 1.29 is 4.79 Å². The molecule has 0 aromatic rings. The quantitative estimate of drug-likeness (QED) is 0.794. The van der Waals surface area contributed by atoms with Gasteiger partial charge in [0.25, 0.3) is 0 Å². The molecule has 1 aliphatic rings. The highest BCUT2D eigenvalue weighted by Crippen LogP contribution is 2.12. The predicted octanol–water partition coefficient (Wildman–Crippen LogP) is 1.88. The van der Waals surface area contributed by atoms with Crippen molar-refractivity contribution in [1.29, 1.82) is 0 Å². The van der Waals surface area contributed by atoms with E-state index in [0.717, 1.165) is 26.1 Å². The Balaban J connectivity index is 2.40. The first-order valence-electron chi connectivity index (χ1n) is 6.50. The summed E-state index contributed by atoms with van der Waals surface area (Å²) in [7, 11) is 0. The number of rotatable bonds is 4. The summed E-state index contributed by atoms with van der Waals surface area (Å²) in [5, 5.41) is 3.49. The Kier molecular flexibility index (Phi) is 5.26. The smallest absolute Gasteiger partial charge is 0.222 e. The maximum atomic E-state index is 11.9. The second kappa shape index (κ2) is 6.24. The first-order valence-corrected chi connectivity index (χ1v) is 6.50. The minimum atomic E-state index is 0.324. The van der Waals surface area contributed by atoms with Crippen molar-refractivity contribution in [3.8, 4) is 0 Å². The van der Waals surface area contributed by atoms with Gasteiger partial charge in [-0.2, -0.15) is 0 Å². The summed E-state index contributed by atoms with van der Waals surface area (Å²) in [6, 6.07) is 0.491. The highest BCUT2D eigenvalue weighted by atomic mass is 16.2. The number of amides is 1. The van der Waals surface area contributed by atoms with Gasteiger partial charge in [-0.25, -0.2) is 0 Å². The first-order chi connectivity index (χ1) is 7.49. The third-order valence-corrected chi connectivity index (χ3v) is 2.95. The Hall–Kier alpha value is -0.570. The lowest BCUT2D eigenvalue weighted by Crippen LogP contribution is -2.53. The van der Waals surface area contributed by atoms with Crippen LogP contribution in [0.15, 0.2) is 0 Å². The molecule has 94 valence electrons. The van der Waals surface area contributed by atoms with Gasteiger partial charge in [0, 0.05) is 32.1 Å². The predicted molar refractivity (Wildman–Crippen MR) is 67.3 cm³/mol. The molecule has 3 nitrogen and oxygen atoms in total. The van der Waals surface area contributed by atoms with Crippen LogP contribution in [-0.4, -0.2) is 36.5 Å². The van der Waals surface area contributed by atoms with Crippen LogP contribution < -0.4 is 5.32 Å². The molecule has 0 aromatic carbocycles. The van der Waals surface area contributed by atoms with Crippen LogP contribution in [0.3, 0.4) is 0 Å². The largest absolute Gasteiger partial charge is 0.340 e. The molecule has 1 atom stereocenters. The number of carbonyl (C=O) groups is 1. The van der Waals surface area contributed by atoms with E-state index in [-0.39, 0.29) is 0 Å². The molecule has 1 saturated heterocycles. The van der Waals surface area contributed by atoms with Gasteiger partial charge < -0.3 is 10.2 Å². The van der Waals surface area contributed by atoms with Crippen LogP contribution in [0.25, 0.3) is 0 Å². The fraction of sp³-hybridized carbons (Fsp3) is 0.923. The van der Waals surface area contributed by atoms with Crippen molar-refractivity contribution in [1.82, 2.24) is 10.2 Å². The van der Waals surface area contributed by atoms with Crippen molar-refractivity contribution in [2.24, 2.45) is 11.8 Å². The van der Waals surface area contributed by atoms with Crippen LogP contribution in [0.4, 0.5) is 0 Å². The van der Waals surface area contributed by atoms with Gasteiger partial charge >= 0.3 is 0 Å². The fourth-order valence-electron chi connectivity index (χ4n) is 2.26. The van der Waals surface area contributed by atoms with Gasteiger partial charge in [-0.3, -0.25) is 4.79 Å². The number of hydrogen-bond acceptors (Lipinski definition) is 2. The van der Waals surface area contributed by atoms with E-state index >= 15 is 0 Å². The highest BCUT2D eigenvalue weighted by Gasteiger charge is 2.23. The molecule has 1 unspecified atom stereocenters. The third kappa shape index (κ3) is 4.52. The van der Waals surface area contributed by atoms with Crippen LogP contribution >= 0.6 is 0 Å². The molecule has 16 heavy (non-hydrogen) atoms. The van der Waals surface area contributed by atoms with Gasteiger partial charge in [0.2, 0.25) is 5.91 Å². The zero-order valence-corrected chi connectivity index (χ0v) is 11.1. The van der Waals surface area contributed by atoms with E-state index in [1.165, 1.54) is 0 Å². The summed E-state index contributed by atoms with van der Waals surface area (Å²) in [5.74, 6) is 1.48. The van der Waals surface area contributed by atoms with Gasteiger partial charge in [-0.1, -0.05) is 27.7 Å². The van der Waals surface area contributed by atoms with Gasteiger partial charge in [-0.05, 0) is 18.3 Å². The molecule has 1 N–H and O–H groups in total. The summed E-state index contributed by atoms with van der Waals surface area (Å²) in [4.78, 5) is 14.0. The van der Waals surface area contributed by atoms with E-state index in [2.05, 4.69) is 33.0 Å². The van der Waals surface area contributed by atoms with Crippen LogP contribution in [0.2, 0.25) is 0 Å². The van der Waals surface area contributed by atoms with Crippen LogP contribution in [-0.2, 0) is 4.79 Å². The molecule has 1 heterocycles. The van der Waals surface area contributed by atoms with Crippen molar-refractivity contribution in [3.63, 3.8) is 0 Å². The zero-order chi connectivity index (χ0) is 12.1. The van der Waals surface area contributed by atoms with Crippen molar-refractivity contribution in [2.45, 2.75) is 46.6 Å². The molecule has 0 aromatic heterocycles. The second-order valence-corrected chi connectivity index (χ2v) is 5.72. The monoisotopic (exact) mass is 226 g/mol. The normalized spacial score (nSPS) is 21.9. The van der Waals surface area contributed by atoms with Crippen molar-refractivity contribution in [3.05, 3.63) is 0 Å². The van der Waals surface area contributed by atoms with Gasteiger partial charge in [0.15, 0.2) is 0 Å². The lowest BCUT2D eigenvalue weighted by Gasteiger charge is -2.35. The van der Waals surface area contributed by atoms with E-state index in [0.29, 0.717) is 30.2 Å². The van der Waals surface area contributed by atoms with E-state index < -0.39 is 0 Å². The number of carbonyl (C=O) groups excluding carboxylic acids is 1. The van der Waals surface area contributed by atoms with Crippen LogP contribution in [0.1, 0.15) is 40.5 Å². The van der Waals surface area contributed by atoms with E-state index in [4.69, 9.17) is 0 Å². The standard InChI is InChI=1S/C13H26N2O/c1-10(2)7-12-9-15(6-5-14-12)13(16)8-11(3)4/h10-12,14H,5-9H2,1-4H3. The van der Waals surface area contributed by atoms with E-state index in [1.807, 2.05) is 4.90 Å². The topological polar surface area (TPSA) is 32.3 Å². The molecule has 0 bridgehead atoms. The Morgan fingerprint density at radius 2 is 2.00 bits per heavy atom. The Morgan fingerprint density at radius 3 is 2.56 bits per heavy atom. The Bertz CT molecular complexity index is 226. The van der Waals surface area contributed by atoms with E-state index in [9.17, 15) is 4.79 Å². The first kappa shape index (κ1) is 13.5. The molecule has 1 rings (SSSR count). The number of nitrogens with one attached hydrogen (secondary N) is 1. The summed E-state index contributed by atoms with van der Waals surface area (Å²) < 4.78 is 0. The minimum Gasteiger partial charge on any atom is -0.340 e. The summed E-state index contributed by atoms with van der Waals surface area (Å²) in [6.45, 7) is 11.4. The molecule has 0 saturated carbocycles. The lowest BCUT2D eigenvalue weighted by atomic mass is 10.0. The van der Waals surface area contributed by atoms with Crippen LogP contribution in [0.5, 0.6) is 0 Å².